The maximum atomic E-state index is 13.9. The molecule has 8 aromatic rings. The van der Waals surface area contributed by atoms with Crippen molar-refractivity contribution in [2.45, 2.75) is 70.3 Å². The van der Waals surface area contributed by atoms with Crippen LogP contribution >= 0.6 is 0 Å². The second-order valence-corrected chi connectivity index (χ2v) is 16.6. The van der Waals surface area contributed by atoms with E-state index in [9.17, 15) is 4.79 Å². The first-order valence-corrected chi connectivity index (χ1v) is 23.0. The molecule has 0 saturated carbocycles. The first-order chi connectivity index (χ1) is 34.1. The molecule has 2 heterocycles. The van der Waals surface area contributed by atoms with Gasteiger partial charge in [-0.2, -0.15) is 0 Å². The Balaban J connectivity index is 1.06. The van der Waals surface area contributed by atoms with Gasteiger partial charge in [0.1, 0.15) is 54.7 Å². The van der Waals surface area contributed by atoms with Gasteiger partial charge in [0.05, 0.1) is 45.5 Å². The van der Waals surface area contributed by atoms with Crippen molar-refractivity contribution in [2.75, 3.05) is 13.7 Å². The molecule has 7 aromatic carbocycles. The van der Waals surface area contributed by atoms with Gasteiger partial charge in [0.25, 0.3) is 0 Å². The predicted molar refractivity (Wildman–Crippen MR) is 261 cm³/mol. The van der Waals surface area contributed by atoms with Crippen molar-refractivity contribution in [3.05, 3.63) is 238 Å². The normalized spacial score (nSPS) is 17.8. The van der Waals surface area contributed by atoms with Crippen LogP contribution in [0, 0.1) is 0 Å². The van der Waals surface area contributed by atoms with Gasteiger partial charge in [-0.1, -0.05) is 164 Å². The Morgan fingerprint density at radius 2 is 0.899 bits per heavy atom. The fourth-order valence-electron chi connectivity index (χ4n) is 8.06. The molecule has 11 nitrogen and oxygen atoms in total. The van der Waals surface area contributed by atoms with E-state index in [-0.39, 0.29) is 56.7 Å². The second kappa shape index (κ2) is 23.7. The van der Waals surface area contributed by atoms with E-state index in [2.05, 4.69) is 0 Å². The Kier molecular flexibility index (Phi) is 16.1. The summed E-state index contributed by atoms with van der Waals surface area (Å²) in [5.74, 6) is 1.25. The van der Waals surface area contributed by atoms with Gasteiger partial charge in [0, 0.05) is 6.07 Å². The monoisotopic (exact) mass is 926 g/mol. The number of methoxy groups -OCH3 is 1. The summed E-state index contributed by atoms with van der Waals surface area (Å²) in [5.41, 5.74) is 5.18. The Morgan fingerprint density at radius 1 is 0.449 bits per heavy atom. The lowest BCUT2D eigenvalue weighted by Gasteiger charge is -2.45. The Labute approximate surface area is 401 Å². The quantitative estimate of drug-likeness (QED) is 0.0605. The zero-order valence-electron chi connectivity index (χ0n) is 38.3. The van der Waals surface area contributed by atoms with E-state index in [4.69, 9.17) is 47.0 Å². The molecule has 1 aromatic heterocycles. The Bertz CT molecular complexity index is 2840. The minimum atomic E-state index is -1.05. The van der Waals surface area contributed by atoms with E-state index < -0.39 is 36.3 Å². The standard InChI is InChI=1S/C58H54O11/c1-60-47-29-27-46(28-30-47)39-65-55-52(62-35-42-19-9-3-10-20-42)49-32-31-48(33-50(49)68-57(55)59)67-58-56(66-38-45-25-15-6-16-26-45)54(64-37-44-23-13-5-14-24-44)53(63-36-43-21-11-4-12-22-43)51(69-58)40-61-34-41-17-7-2-8-18-41/h2-33,51,53-54,56,58H,34-40H2,1H3/t51-,53+,54+,56-,58-/m1/s1. The van der Waals surface area contributed by atoms with Crippen molar-refractivity contribution in [3.8, 4) is 23.0 Å². The largest absolute Gasteiger partial charge is 0.497 e. The highest BCUT2D eigenvalue weighted by atomic mass is 16.7. The zero-order chi connectivity index (χ0) is 47.0. The molecule has 1 aliphatic heterocycles. The van der Waals surface area contributed by atoms with E-state index in [1.54, 1.807) is 25.3 Å². The van der Waals surface area contributed by atoms with Crippen molar-refractivity contribution in [1.82, 2.24) is 0 Å². The van der Waals surface area contributed by atoms with Gasteiger partial charge in [0.2, 0.25) is 12.0 Å². The van der Waals surface area contributed by atoms with Gasteiger partial charge in [0.15, 0.2) is 5.75 Å². The summed E-state index contributed by atoms with van der Waals surface area (Å²) in [4.78, 5) is 13.9. The summed E-state index contributed by atoms with van der Waals surface area (Å²) in [7, 11) is 1.61. The molecule has 5 atom stereocenters. The minimum Gasteiger partial charge on any atom is -0.497 e. The molecule has 0 spiro atoms. The fourth-order valence-corrected chi connectivity index (χ4v) is 8.06. The number of fused-ring (bicyclic) bond motifs is 1. The summed E-state index contributed by atoms with van der Waals surface area (Å²) in [6.07, 6.45) is -3.95. The molecular formula is C58H54O11. The lowest BCUT2D eigenvalue weighted by Crippen LogP contribution is -2.62. The van der Waals surface area contributed by atoms with E-state index >= 15 is 0 Å². The summed E-state index contributed by atoms with van der Waals surface area (Å²) in [6.45, 7) is 1.56. The molecule has 0 amide bonds. The van der Waals surface area contributed by atoms with Crippen molar-refractivity contribution < 1.29 is 47.0 Å². The van der Waals surface area contributed by atoms with E-state index in [1.165, 1.54) is 0 Å². The molecular weight excluding hydrogens is 873 g/mol. The second-order valence-electron chi connectivity index (χ2n) is 16.6. The summed E-state index contributed by atoms with van der Waals surface area (Å²) in [5, 5.41) is 0.509. The molecule has 0 N–H and O–H groups in total. The van der Waals surface area contributed by atoms with Crippen LogP contribution in [0.25, 0.3) is 11.0 Å². The van der Waals surface area contributed by atoms with Crippen LogP contribution in [-0.2, 0) is 63.3 Å². The molecule has 0 radical (unpaired) electrons. The number of benzene rings is 7. The molecule has 1 aliphatic rings. The predicted octanol–water partition coefficient (Wildman–Crippen LogP) is 11.0. The van der Waals surface area contributed by atoms with Crippen LogP contribution in [0.2, 0.25) is 0 Å². The van der Waals surface area contributed by atoms with Crippen LogP contribution in [0.1, 0.15) is 33.4 Å². The van der Waals surface area contributed by atoms with Crippen LogP contribution in [0.5, 0.6) is 23.0 Å². The van der Waals surface area contributed by atoms with Gasteiger partial charge >= 0.3 is 5.63 Å². The molecule has 0 bridgehead atoms. The number of ether oxygens (including phenoxy) is 9. The fraction of sp³-hybridized carbons (Fsp3) is 0.224. The van der Waals surface area contributed by atoms with Crippen molar-refractivity contribution in [1.29, 1.82) is 0 Å². The highest BCUT2D eigenvalue weighted by Gasteiger charge is 2.50. The average molecular weight is 927 g/mol. The lowest BCUT2D eigenvalue weighted by molar-refractivity contribution is -0.310. The topological polar surface area (TPSA) is 113 Å². The molecule has 1 fully saturated rings. The molecule has 0 aliphatic carbocycles. The Hall–Kier alpha value is -7.25. The zero-order valence-corrected chi connectivity index (χ0v) is 38.3. The molecule has 0 unspecified atom stereocenters. The third-order valence-electron chi connectivity index (χ3n) is 11.7. The van der Waals surface area contributed by atoms with Gasteiger partial charge in [-0.05, 0) is 57.6 Å². The Morgan fingerprint density at radius 3 is 1.43 bits per heavy atom. The third-order valence-corrected chi connectivity index (χ3v) is 11.7. The first kappa shape index (κ1) is 46.8. The highest BCUT2D eigenvalue weighted by molar-refractivity contribution is 5.86. The number of hydrogen-bond acceptors (Lipinski definition) is 11. The molecule has 11 heteroatoms. The average Bonchev–Trinajstić information content (AvgIpc) is 3.40. The van der Waals surface area contributed by atoms with Crippen LogP contribution < -0.4 is 24.6 Å². The highest BCUT2D eigenvalue weighted by Crippen LogP contribution is 2.38. The van der Waals surface area contributed by atoms with Crippen molar-refractivity contribution >= 4 is 11.0 Å². The van der Waals surface area contributed by atoms with E-state index in [1.807, 2.05) is 176 Å². The van der Waals surface area contributed by atoms with Crippen LogP contribution in [0.4, 0.5) is 0 Å². The maximum Gasteiger partial charge on any atom is 0.383 e. The molecule has 69 heavy (non-hydrogen) atoms. The van der Waals surface area contributed by atoms with E-state index in [0.29, 0.717) is 23.5 Å². The maximum absolute atomic E-state index is 13.9. The number of rotatable bonds is 22. The molecule has 9 rings (SSSR count). The van der Waals surface area contributed by atoms with Crippen LogP contribution in [0.3, 0.4) is 0 Å². The third kappa shape index (κ3) is 12.6. The van der Waals surface area contributed by atoms with Crippen LogP contribution in [-0.4, -0.2) is 44.4 Å². The van der Waals surface area contributed by atoms with Crippen molar-refractivity contribution in [3.63, 3.8) is 0 Å². The summed E-state index contributed by atoms with van der Waals surface area (Å²) < 4.78 is 64.6. The van der Waals surface area contributed by atoms with Gasteiger partial charge in [-0.15, -0.1) is 0 Å². The van der Waals surface area contributed by atoms with Crippen molar-refractivity contribution in [2.24, 2.45) is 0 Å². The molecule has 1 saturated heterocycles. The van der Waals surface area contributed by atoms with Crippen LogP contribution in [0.15, 0.2) is 203 Å². The summed E-state index contributed by atoms with van der Waals surface area (Å²) in [6, 6.07) is 62.1. The van der Waals surface area contributed by atoms with Gasteiger partial charge in [-0.3, -0.25) is 0 Å². The minimum absolute atomic E-state index is 0.0498. The smallest absolute Gasteiger partial charge is 0.383 e. The van der Waals surface area contributed by atoms with Gasteiger partial charge < -0.3 is 47.0 Å². The molecule has 352 valence electrons. The van der Waals surface area contributed by atoms with Gasteiger partial charge in [-0.25, -0.2) is 4.79 Å². The number of hydrogen-bond donors (Lipinski definition) is 0. The lowest BCUT2D eigenvalue weighted by atomic mass is 9.97. The SMILES string of the molecule is COc1ccc(COc2c(OCc3ccccc3)c3ccc(O[C@@H]4O[C@H](COCc5ccccc5)[C@H](OCc5ccccc5)[C@H](OCc5ccccc5)[C@H]4OCc4ccccc4)cc3oc2=O)cc1. The van der Waals surface area contributed by atoms with E-state index in [0.717, 1.165) is 33.4 Å². The first-order valence-electron chi connectivity index (χ1n) is 23.0. The summed E-state index contributed by atoms with van der Waals surface area (Å²) >= 11 is 0.